The molecule has 0 saturated carbocycles. The lowest BCUT2D eigenvalue weighted by Gasteiger charge is -2.13. The molecule has 7 nitrogen and oxygen atoms in total. The van der Waals surface area contributed by atoms with Gasteiger partial charge in [0.25, 0.3) is 5.91 Å². The summed E-state index contributed by atoms with van der Waals surface area (Å²) in [5.74, 6) is 1.14. The van der Waals surface area contributed by atoms with E-state index in [0.717, 1.165) is 5.56 Å². The first-order chi connectivity index (χ1) is 14.9. The first-order valence-corrected chi connectivity index (χ1v) is 10.6. The van der Waals surface area contributed by atoms with Gasteiger partial charge in [0.2, 0.25) is 5.91 Å². The smallest absolute Gasteiger partial charge is 0.257 e. The van der Waals surface area contributed by atoms with Crippen molar-refractivity contribution in [2.24, 2.45) is 0 Å². The third-order valence-corrected chi connectivity index (χ3v) is 4.97. The fourth-order valence-corrected chi connectivity index (χ4v) is 2.98. The Morgan fingerprint density at radius 3 is 2.52 bits per heavy atom. The number of carbonyl (C=O) groups is 2. The van der Waals surface area contributed by atoms with E-state index in [9.17, 15) is 9.59 Å². The van der Waals surface area contributed by atoms with Crippen LogP contribution in [0, 0.1) is 0 Å². The second-order valence-electron chi connectivity index (χ2n) is 6.51. The zero-order valence-electron chi connectivity index (χ0n) is 17.5. The fourth-order valence-electron chi connectivity index (χ4n) is 2.63. The van der Waals surface area contributed by atoms with Gasteiger partial charge in [-0.25, -0.2) is 0 Å². The molecule has 0 aromatic heterocycles. The number of likely N-dealkylation sites (N-methyl/N-ethyl adjacent to an activating group) is 1. The molecule has 168 valence electrons. The minimum atomic E-state index is -0.206. The van der Waals surface area contributed by atoms with Crippen molar-refractivity contribution < 1.29 is 23.8 Å². The molecule has 0 aliphatic carbocycles. The summed E-state index contributed by atoms with van der Waals surface area (Å²) in [5, 5.41) is 6.30. The van der Waals surface area contributed by atoms with Crippen molar-refractivity contribution in [2.75, 3.05) is 26.9 Å². The van der Waals surface area contributed by atoms with Crippen molar-refractivity contribution >= 4 is 35.0 Å². The molecule has 0 bridgehead atoms. The monoisotopic (exact) mass is 468 g/mol. The van der Waals surface area contributed by atoms with E-state index in [1.807, 2.05) is 6.92 Å². The quantitative estimate of drug-likeness (QED) is 0.459. The standard InChI is InChI=1S/C22H26Cl2N2O5/c1-3-25-21(28)14-31-17-10-9-15(12-19(17)29-2)13-26-20(27)8-5-11-30-18-7-4-6-16(23)22(18)24/h4,6-7,9-10,12H,3,5,8,11,13-14H2,1-2H3,(H,25,28)(H,26,27). The topological polar surface area (TPSA) is 85.9 Å². The molecule has 9 heteroatoms. The number of benzene rings is 2. The van der Waals surface area contributed by atoms with E-state index in [1.165, 1.54) is 7.11 Å². The third-order valence-electron chi connectivity index (χ3n) is 4.17. The van der Waals surface area contributed by atoms with Gasteiger partial charge in [-0.15, -0.1) is 0 Å². The number of hydrogen-bond donors (Lipinski definition) is 2. The molecule has 2 N–H and O–H groups in total. The van der Waals surface area contributed by atoms with E-state index in [-0.39, 0.29) is 18.4 Å². The van der Waals surface area contributed by atoms with Crippen LogP contribution in [0.5, 0.6) is 17.2 Å². The summed E-state index contributed by atoms with van der Waals surface area (Å²) in [7, 11) is 1.52. The summed E-state index contributed by atoms with van der Waals surface area (Å²) in [6.07, 6.45) is 0.841. The van der Waals surface area contributed by atoms with Crippen molar-refractivity contribution in [2.45, 2.75) is 26.3 Å². The van der Waals surface area contributed by atoms with Gasteiger partial charge in [-0.05, 0) is 43.2 Å². The van der Waals surface area contributed by atoms with Crippen LogP contribution in [0.25, 0.3) is 0 Å². The highest BCUT2D eigenvalue weighted by molar-refractivity contribution is 6.42. The lowest BCUT2D eigenvalue weighted by atomic mass is 10.2. The van der Waals surface area contributed by atoms with E-state index in [1.54, 1.807) is 36.4 Å². The molecule has 0 saturated heterocycles. The van der Waals surface area contributed by atoms with E-state index >= 15 is 0 Å². The molecule has 0 fully saturated rings. The normalized spacial score (nSPS) is 10.3. The lowest BCUT2D eigenvalue weighted by Crippen LogP contribution is -2.28. The summed E-state index contributed by atoms with van der Waals surface area (Å²) in [4.78, 5) is 23.6. The van der Waals surface area contributed by atoms with Gasteiger partial charge in [0, 0.05) is 19.5 Å². The van der Waals surface area contributed by atoms with Crippen LogP contribution in [0.15, 0.2) is 36.4 Å². The SMILES string of the molecule is CCNC(=O)COc1ccc(CNC(=O)CCCOc2cccc(Cl)c2Cl)cc1OC. The maximum atomic E-state index is 12.1. The second-order valence-corrected chi connectivity index (χ2v) is 7.29. The zero-order valence-corrected chi connectivity index (χ0v) is 19.0. The highest BCUT2D eigenvalue weighted by Gasteiger charge is 2.10. The van der Waals surface area contributed by atoms with Gasteiger partial charge in [-0.1, -0.05) is 35.3 Å². The summed E-state index contributed by atoms with van der Waals surface area (Å²) < 4.78 is 16.4. The number of nitrogens with one attached hydrogen (secondary N) is 2. The van der Waals surface area contributed by atoms with Crippen LogP contribution in [-0.2, 0) is 16.1 Å². The molecule has 2 aromatic rings. The van der Waals surface area contributed by atoms with E-state index in [2.05, 4.69) is 10.6 Å². The first-order valence-electron chi connectivity index (χ1n) is 9.84. The van der Waals surface area contributed by atoms with Gasteiger partial charge >= 0.3 is 0 Å². The maximum Gasteiger partial charge on any atom is 0.257 e. The summed E-state index contributed by atoms with van der Waals surface area (Å²) in [5.41, 5.74) is 0.845. The number of methoxy groups -OCH3 is 1. The molecule has 0 unspecified atom stereocenters. The molecule has 2 aromatic carbocycles. The first kappa shape index (κ1) is 24.6. The second kappa shape index (κ2) is 12.9. The van der Waals surface area contributed by atoms with Gasteiger partial charge in [0.05, 0.1) is 18.7 Å². The average Bonchev–Trinajstić information content (AvgIpc) is 2.77. The fraction of sp³-hybridized carbons (Fsp3) is 0.364. The Morgan fingerprint density at radius 1 is 0.968 bits per heavy atom. The van der Waals surface area contributed by atoms with E-state index in [4.69, 9.17) is 37.4 Å². The highest BCUT2D eigenvalue weighted by atomic mass is 35.5. The van der Waals surface area contributed by atoms with Crippen LogP contribution in [0.4, 0.5) is 0 Å². The Morgan fingerprint density at radius 2 is 1.77 bits per heavy atom. The van der Waals surface area contributed by atoms with Crippen LogP contribution in [-0.4, -0.2) is 38.7 Å². The molecular weight excluding hydrogens is 443 g/mol. The minimum Gasteiger partial charge on any atom is -0.493 e. The van der Waals surface area contributed by atoms with Crippen LogP contribution in [0.1, 0.15) is 25.3 Å². The predicted octanol–water partition coefficient (Wildman–Crippen LogP) is 3.99. The van der Waals surface area contributed by atoms with Crippen molar-refractivity contribution in [3.63, 3.8) is 0 Å². The zero-order chi connectivity index (χ0) is 22.6. The Hall–Kier alpha value is -2.64. The third kappa shape index (κ3) is 8.19. The molecule has 0 atom stereocenters. The number of hydrogen-bond acceptors (Lipinski definition) is 5. The van der Waals surface area contributed by atoms with E-state index in [0.29, 0.717) is 59.8 Å². The van der Waals surface area contributed by atoms with Gasteiger partial charge in [0.1, 0.15) is 10.8 Å². The average molecular weight is 469 g/mol. The van der Waals surface area contributed by atoms with Gasteiger partial charge < -0.3 is 24.8 Å². The summed E-state index contributed by atoms with van der Waals surface area (Å²) in [6, 6.07) is 10.4. The van der Waals surface area contributed by atoms with Crippen LogP contribution in [0.2, 0.25) is 10.0 Å². The van der Waals surface area contributed by atoms with Crippen molar-refractivity contribution in [1.29, 1.82) is 0 Å². The molecule has 2 amide bonds. The number of amides is 2. The van der Waals surface area contributed by atoms with Gasteiger partial charge in [-0.3, -0.25) is 9.59 Å². The summed E-state index contributed by atoms with van der Waals surface area (Å²) in [6.45, 7) is 2.97. The Balaban J connectivity index is 1.75. The van der Waals surface area contributed by atoms with Crippen molar-refractivity contribution in [1.82, 2.24) is 10.6 Å². The van der Waals surface area contributed by atoms with E-state index < -0.39 is 0 Å². The van der Waals surface area contributed by atoms with Crippen LogP contribution < -0.4 is 24.8 Å². The molecule has 31 heavy (non-hydrogen) atoms. The van der Waals surface area contributed by atoms with Crippen LogP contribution in [0.3, 0.4) is 0 Å². The largest absolute Gasteiger partial charge is 0.493 e. The number of rotatable bonds is 12. The highest BCUT2D eigenvalue weighted by Crippen LogP contribution is 2.31. The number of halogens is 2. The molecule has 0 aliphatic rings. The number of carbonyl (C=O) groups excluding carboxylic acids is 2. The molecule has 2 rings (SSSR count). The predicted molar refractivity (Wildman–Crippen MR) is 120 cm³/mol. The van der Waals surface area contributed by atoms with Gasteiger partial charge in [-0.2, -0.15) is 0 Å². The molecule has 0 aliphatic heterocycles. The van der Waals surface area contributed by atoms with Crippen LogP contribution >= 0.6 is 23.2 Å². The molecule has 0 radical (unpaired) electrons. The molecule has 0 heterocycles. The maximum absolute atomic E-state index is 12.1. The lowest BCUT2D eigenvalue weighted by molar-refractivity contribution is -0.123. The number of ether oxygens (including phenoxy) is 3. The van der Waals surface area contributed by atoms with Crippen molar-refractivity contribution in [3.8, 4) is 17.2 Å². The van der Waals surface area contributed by atoms with Gasteiger partial charge in [0.15, 0.2) is 18.1 Å². The summed E-state index contributed by atoms with van der Waals surface area (Å²) >= 11 is 12.0. The Kier molecular flexibility index (Phi) is 10.3. The molecular formula is C22H26Cl2N2O5. The van der Waals surface area contributed by atoms with Crippen molar-refractivity contribution in [3.05, 3.63) is 52.0 Å². The Labute approximate surface area is 192 Å². The molecule has 0 spiro atoms. The minimum absolute atomic E-state index is 0.0945. The Bertz CT molecular complexity index is 892.